The number of carbonyl (C=O) groups excluding carboxylic acids is 1. The first kappa shape index (κ1) is 17.1. The third kappa shape index (κ3) is 3.58. The third-order valence-corrected chi connectivity index (χ3v) is 4.93. The number of carbonyl (C=O) groups is 1. The average molecular weight is 313 g/mol. The molecule has 0 bridgehead atoms. The van der Waals surface area contributed by atoms with Crippen LogP contribution in [0.1, 0.15) is 44.1 Å². The summed E-state index contributed by atoms with van der Waals surface area (Å²) in [6, 6.07) is 6.73. The molecule has 1 unspecified atom stereocenters. The van der Waals surface area contributed by atoms with E-state index in [2.05, 4.69) is 13.2 Å². The summed E-state index contributed by atoms with van der Waals surface area (Å²) in [5, 5.41) is 10.9. The highest BCUT2D eigenvalue weighted by Gasteiger charge is 2.40. The summed E-state index contributed by atoms with van der Waals surface area (Å²) in [7, 11) is 0. The Bertz CT molecular complexity index is 594. The number of nitro benzene ring substituents is 1. The number of non-ortho nitro benzene ring substituents is 1. The Kier molecular flexibility index (Phi) is 5.48. The van der Waals surface area contributed by atoms with Crippen LogP contribution in [0.3, 0.4) is 0 Å². The summed E-state index contributed by atoms with van der Waals surface area (Å²) < 4.78 is 0. The molecule has 1 aromatic rings. The molecule has 1 fully saturated rings. The van der Waals surface area contributed by atoms with Gasteiger partial charge in [0.25, 0.3) is 5.69 Å². The molecule has 0 radical (unpaired) electrons. The number of Topliss-reactive ketones (excluding diaryl/α,β-unsaturated/α-hetero) is 1. The van der Waals surface area contributed by atoms with Crippen molar-refractivity contribution in [1.29, 1.82) is 0 Å². The van der Waals surface area contributed by atoms with Crippen LogP contribution in [0.15, 0.2) is 49.6 Å². The van der Waals surface area contributed by atoms with Gasteiger partial charge in [0.15, 0.2) is 0 Å². The van der Waals surface area contributed by atoms with Gasteiger partial charge in [-0.15, -0.1) is 13.2 Å². The fourth-order valence-corrected chi connectivity index (χ4v) is 3.81. The van der Waals surface area contributed by atoms with E-state index < -0.39 is 4.92 Å². The summed E-state index contributed by atoms with van der Waals surface area (Å²) in [5.74, 6) is 0.530. The molecule has 0 N–H and O–H groups in total. The number of benzene rings is 1. The van der Waals surface area contributed by atoms with Crippen molar-refractivity contribution in [2.75, 3.05) is 0 Å². The number of nitro groups is 1. The Morgan fingerprint density at radius 2 is 1.83 bits per heavy atom. The van der Waals surface area contributed by atoms with Gasteiger partial charge in [-0.3, -0.25) is 14.9 Å². The van der Waals surface area contributed by atoms with Crippen molar-refractivity contribution in [1.82, 2.24) is 0 Å². The lowest BCUT2D eigenvalue weighted by atomic mass is 9.61. The summed E-state index contributed by atoms with van der Waals surface area (Å²) >= 11 is 0. The molecular formula is C19H23NO3. The molecule has 1 aliphatic rings. The minimum atomic E-state index is -0.392. The number of hydrogen-bond acceptors (Lipinski definition) is 3. The first-order valence-electron chi connectivity index (χ1n) is 8.02. The normalized spacial score (nSPS) is 18.4. The maximum Gasteiger partial charge on any atom is 0.269 e. The molecule has 2 rings (SSSR count). The van der Waals surface area contributed by atoms with E-state index in [4.69, 9.17) is 0 Å². The summed E-state index contributed by atoms with van der Waals surface area (Å²) in [6.07, 6.45) is 8.35. The molecule has 4 heteroatoms. The van der Waals surface area contributed by atoms with Gasteiger partial charge in [0.2, 0.25) is 0 Å². The molecule has 0 aliphatic heterocycles. The quantitative estimate of drug-likeness (QED) is 0.415. The van der Waals surface area contributed by atoms with Crippen LogP contribution in [0.5, 0.6) is 0 Å². The van der Waals surface area contributed by atoms with Crippen LogP contribution in [-0.4, -0.2) is 10.7 Å². The van der Waals surface area contributed by atoms with Crippen molar-refractivity contribution < 1.29 is 9.72 Å². The van der Waals surface area contributed by atoms with Gasteiger partial charge >= 0.3 is 0 Å². The topological polar surface area (TPSA) is 60.2 Å². The monoisotopic (exact) mass is 313 g/mol. The van der Waals surface area contributed by atoms with E-state index in [9.17, 15) is 14.9 Å². The standard InChI is InChI=1S/C19H23NO3/c1-3-12-19(13-4-2,16-6-5-7-18(21)14-16)15-8-10-17(11-9-15)20(22)23/h3-4,8-11,16H,1-2,5-7,12-14H2. The maximum absolute atomic E-state index is 12.0. The van der Waals surface area contributed by atoms with Gasteiger partial charge in [-0.05, 0) is 37.2 Å². The van der Waals surface area contributed by atoms with E-state index in [1.165, 1.54) is 0 Å². The number of allylic oxidation sites excluding steroid dienone is 2. The van der Waals surface area contributed by atoms with Crippen LogP contribution >= 0.6 is 0 Å². The maximum atomic E-state index is 12.0. The molecule has 1 aliphatic carbocycles. The van der Waals surface area contributed by atoms with Crippen molar-refractivity contribution in [3.8, 4) is 0 Å². The van der Waals surface area contributed by atoms with Gasteiger partial charge in [0.1, 0.15) is 5.78 Å². The minimum absolute atomic E-state index is 0.0829. The SMILES string of the molecule is C=CCC(CC=C)(c1ccc([N+](=O)[O-])cc1)C1CCCC(=O)C1. The number of hydrogen-bond donors (Lipinski definition) is 0. The van der Waals surface area contributed by atoms with Gasteiger partial charge in [0, 0.05) is 30.4 Å². The van der Waals surface area contributed by atoms with Crippen LogP contribution in [-0.2, 0) is 10.2 Å². The van der Waals surface area contributed by atoms with Gasteiger partial charge in [0.05, 0.1) is 4.92 Å². The molecule has 0 saturated heterocycles. The lowest BCUT2D eigenvalue weighted by Gasteiger charge is -2.42. The smallest absolute Gasteiger partial charge is 0.269 e. The Morgan fingerprint density at radius 1 is 1.22 bits per heavy atom. The lowest BCUT2D eigenvalue weighted by Crippen LogP contribution is -2.38. The zero-order chi connectivity index (χ0) is 16.9. The van der Waals surface area contributed by atoms with Crippen LogP contribution in [0, 0.1) is 16.0 Å². The largest absolute Gasteiger partial charge is 0.300 e. The number of ketones is 1. The van der Waals surface area contributed by atoms with E-state index in [1.54, 1.807) is 12.1 Å². The van der Waals surface area contributed by atoms with Crippen molar-refractivity contribution >= 4 is 11.5 Å². The fraction of sp³-hybridized carbons (Fsp3) is 0.421. The molecule has 1 aromatic carbocycles. The van der Waals surface area contributed by atoms with E-state index in [-0.39, 0.29) is 17.0 Å². The van der Waals surface area contributed by atoms with Crippen molar-refractivity contribution in [2.45, 2.75) is 43.9 Å². The lowest BCUT2D eigenvalue weighted by molar-refractivity contribution is -0.384. The molecule has 23 heavy (non-hydrogen) atoms. The Morgan fingerprint density at radius 3 is 2.30 bits per heavy atom. The zero-order valence-corrected chi connectivity index (χ0v) is 13.4. The Hall–Kier alpha value is -2.23. The second-order valence-corrected chi connectivity index (χ2v) is 6.28. The van der Waals surface area contributed by atoms with Crippen molar-refractivity contribution in [3.63, 3.8) is 0 Å². The summed E-state index contributed by atoms with van der Waals surface area (Å²) in [5.41, 5.74) is 0.858. The first-order valence-corrected chi connectivity index (χ1v) is 8.02. The second kappa shape index (κ2) is 7.36. The summed E-state index contributed by atoms with van der Waals surface area (Å²) in [4.78, 5) is 22.5. The van der Waals surface area contributed by atoms with Crippen molar-refractivity contribution in [2.24, 2.45) is 5.92 Å². The van der Waals surface area contributed by atoms with Crippen LogP contribution < -0.4 is 0 Å². The van der Waals surface area contributed by atoms with Gasteiger partial charge < -0.3 is 0 Å². The van der Waals surface area contributed by atoms with Gasteiger partial charge in [-0.25, -0.2) is 0 Å². The predicted octanol–water partition coefficient (Wildman–Crippen LogP) is 4.74. The molecule has 1 atom stereocenters. The van der Waals surface area contributed by atoms with E-state index in [1.807, 2.05) is 24.3 Å². The molecule has 0 aromatic heterocycles. The molecule has 122 valence electrons. The fourth-order valence-electron chi connectivity index (χ4n) is 3.81. The molecular weight excluding hydrogens is 290 g/mol. The Balaban J connectivity index is 2.46. The third-order valence-electron chi connectivity index (χ3n) is 4.93. The molecule has 1 saturated carbocycles. The van der Waals surface area contributed by atoms with Crippen molar-refractivity contribution in [3.05, 3.63) is 65.3 Å². The van der Waals surface area contributed by atoms with Crippen LogP contribution in [0.4, 0.5) is 5.69 Å². The molecule has 0 heterocycles. The van der Waals surface area contributed by atoms with E-state index in [0.717, 1.165) is 31.2 Å². The molecule has 0 spiro atoms. The number of rotatable bonds is 7. The first-order chi connectivity index (χ1) is 11.0. The highest BCUT2D eigenvalue weighted by atomic mass is 16.6. The van der Waals surface area contributed by atoms with Crippen LogP contribution in [0.25, 0.3) is 0 Å². The number of nitrogens with zero attached hydrogens (tertiary/aromatic N) is 1. The summed E-state index contributed by atoms with van der Waals surface area (Å²) in [6.45, 7) is 7.77. The molecule has 4 nitrogen and oxygen atoms in total. The van der Waals surface area contributed by atoms with E-state index >= 15 is 0 Å². The second-order valence-electron chi connectivity index (χ2n) is 6.28. The van der Waals surface area contributed by atoms with E-state index in [0.29, 0.717) is 18.6 Å². The predicted molar refractivity (Wildman–Crippen MR) is 91.4 cm³/mol. The van der Waals surface area contributed by atoms with Gasteiger partial charge in [-0.2, -0.15) is 0 Å². The highest BCUT2D eigenvalue weighted by Crippen LogP contribution is 2.46. The van der Waals surface area contributed by atoms with Gasteiger partial charge in [-0.1, -0.05) is 24.3 Å². The average Bonchev–Trinajstić information content (AvgIpc) is 2.54. The van der Waals surface area contributed by atoms with Crippen LogP contribution in [0.2, 0.25) is 0 Å². The minimum Gasteiger partial charge on any atom is -0.300 e. The highest BCUT2D eigenvalue weighted by molar-refractivity contribution is 5.79. The Labute approximate surface area is 137 Å². The molecule has 0 amide bonds. The zero-order valence-electron chi connectivity index (χ0n) is 13.4.